The van der Waals surface area contributed by atoms with E-state index in [0.29, 0.717) is 0 Å². The van der Waals surface area contributed by atoms with Crippen LogP contribution in [0, 0.1) is 10.2 Å². The second-order valence-corrected chi connectivity index (χ2v) is 10.2. The molecule has 0 atom stereocenters. The van der Waals surface area contributed by atoms with Gasteiger partial charge in [0, 0.05) is 28.0 Å². The average molecular weight is 419 g/mol. The summed E-state index contributed by atoms with van der Waals surface area (Å²) in [6.07, 6.45) is 0. The molecule has 0 radical (unpaired) electrons. The minimum Gasteiger partial charge on any atom is -0.222 e. The molecule has 0 amide bonds. The van der Waals surface area contributed by atoms with Gasteiger partial charge in [-0.05, 0) is 23.3 Å². The van der Waals surface area contributed by atoms with Gasteiger partial charge in [0.1, 0.15) is 0 Å². The zero-order valence-electron chi connectivity index (χ0n) is 15.8. The van der Waals surface area contributed by atoms with Crippen molar-refractivity contribution in [3.05, 3.63) is 51.2 Å². The Kier molecular flexibility index (Phi) is 7.59. The first-order chi connectivity index (χ1) is 11.6. The fourth-order valence-electron chi connectivity index (χ4n) is 2.05. The number of rotatable bonds is 1. The quantitative estimate of drug-likeness (QED) is 0.663. The maximum atomic E-state index is 8.49. The molecule has 26 heavy (non-hydrogen) atoms. The number of benzene rings is 1. The summed E-state index contributed by atoms with van der Waals surface area (Å²) in [5, 5.41) is 0.782. The predicted octanol–water partition coefficient (Wildman–Crippen LogP) is 2.19. The number of hydrogen-bond donors (Lipinski definition) is 0. The highest BCUT2D eigenvalue weighted by Gasteiger charge is 2.32. The molecule has 1 aromatic heterocycles. The van der Waals surface area contributed by atoms with Gasteiger partial charge in [-0.1, -0.05) is 65.3 Å². The smallest absolute Gasteiger partial charge is 0.219 e. The fourth-order valence-corrected chi connectivity index (χ4v) is 3.40. The van der Waals surface area contributed by atoms with Gasteiger partial charge in [0.15, 0.2) is 0 Å². The average Bonchev–Trinajstić information content (AvgIpc) is 2.44. The van der Waals surface area contributed by atoms with Crippen LogP contribution < -0.4 is 18.6 Å². The molecule has 2 rings (SSSR count). The van der Waals surface area contributed by atoms with Crippen molar-refractivity contribution >= 4 is 22.9 Å². The van der Waals surface area contributed by atoms with Crippen molar-refractivity contribution in [1.29, 1.82) is 0 Å². The molecule has 0 N–H and O–H groups in total. The van der Waals surface area contributed by atoms with Gasteiger partial charge in [-0.15, -0.1) is 10.2 Å². The van der Waals surface area contributed by atoms with E-state index in [2.05, 4.69) is 65.8 Å². The molecule has 0 aliphatic heterocycles. The summed E-state index contributed by atoms with van der Waals surface area (Å²) in [7, 11) is -4.94. The van der Waals surface area contributed by atoms with Gasteiger partial charge in [-0.3, -0.25) is 0 Å². The summed E-state index contributed by atoms with van der Waals surface area (Å²) in [5.41, 5.74) is 2.82. The monoisotopic (exact) mass is 418 g/mol. The van der Waals surface area contributed by atoms with E-state index in [9.17, 15) is 0 Å². The van der Waals surface area contributed by atoms with Crippen molar-refractivity contribution < 1.29 is 28.9 Å². The second-order valence-electron chi connectivity index (χ2n) is 7.96. The predicted molar refractivity (Wildman–Crippen MR) is 96.6 cm³/mol. The molecule has 1 aromatic carbocycles. The van der Waals surface area contributed by atoms with E-state index < -0.39 is 10.2 Å². The molecule has 0 saturated carbocycles. The third-order valence-electron chi connectivity index (χ3n) is 3.45. The van der Waals surface area contributed by atoms with Gasteiger partial charge in [0.2, 0.25) is 21.1 Å². The maximum absolute atomic E-state index is 8.49. The Bertz CT molecular complexity index is 689. The van der Waals surface area contributed by atoms with Crippen LogP contribution in [0.1, 0.15) is 51.3 Å². The van der Waals surface area contributed by atoms with Crippen molar-refractivity contribution in [2.75, 3.05) is 0 Å². The van der Waals surface area contributed by atoms with Crippen LogP contribution in [-0.4, -0.2) is 0 Å². The highest BCUT2D eigenvalue weighted by molar-refractivity contribution is 7.12. The van der Waals surface area contributed by atoms with Crippen LogP contribution in [-0.2, 0) is 10.8 Å². The lowest BCUT2D eigenvalue weighted by atomic mass is 9.90. The number of hydrogen-bond acceptors (Lipinski definition) is 4. The summed E-state index contributed by atoms with van der Waals surface area (Å²) in [6.45, 7) is 13.6. The molecule has 0 unspecified atom stereocenters. The molecule has 144 valence electrons. The topological polar surface area (TPSA) is 92.2 Å². The normalized spacial score (nSPS) is 12.4. The minimum atomic E-state index is -4.94. The third-order valence-corrected chi connectivity index (χ3v) is 5.60. The Balaban J connectivity index is 0.000000597. The maximum Gasteiger partial charge on any atom is 0.219 e. The van der Waals surface area contributed by atoms with E-state index in [1.54, 1.807) is 0 Å². The molecule has 1 heterocycles. The summed E-state index contributed by atoms with van der Waals surface area (Å²) in [6, 6.07) is 12.8. The van der Waals surface area contributed by atoms with E-state index in [4.69, 9.17) is 30.2 Å². The van der Waals surface area contributed by atoms with E-state index >= 15 is 0 Å². The first-order valence-electron chi connectivity index (χ1n) is 7.94. The molecule has 0 spiro atoms. The van der Waals surface area contributed by atoms with Crippen molar-refractivity contribution in [3.63, 3.8) is 0 Å². The van der Waals surface area contributed by atoms with Crippen molar-refractivity contribution in [3.8, 4) is 11.1 Å². The molecule has 0 fully saturated rings. The first-order valence-corrected chi connectivity index (χ1v) is 10.4. The van der Waals surface area contributed by atoms with Crippen LogP contribution >= 0.6 is 22.9 Å². The largest absolute Gasteiger partial charge is 0.222 e. The van der Waals surface area contributed by atoms with Gasteiger partial charge >= 0.3 is 0 Å². The van der Waals surface area contributed by atoms with Crippen molar-refractivity contribution in [1.82, 2.24) is 0 Å². The third kappa shape index (κ3) is 8.27. The Morgan fingerprint density at radius 1 is 0.731 bits per heavy atom. The highest BCUT2D eigenvalue weighted by atomic mass is 35.7. The molecular formula is C19H24Cl2O4S. The molecule has 0 aliphatic carbocycles. The summed E-state index contributed by atoms with van der Waals surface area (Å²) in [5.74, 6) is 0. The van der Waals surface area contributed by atoms with Crippen LogP contribution in [0.4, 0.5) is 0 Å². The molecule has 7 heteroatoms. The van der Waals surface area contributed by atoms with Crippen LogP contribution in [0.3, 0.4) is 0 Å². The van der Waals surface area contributed by atoms with Gasteiger partial charge < -0.3 is 0 Å². The molecule has 0 bridgehead atoms. The zero-order chi connectivity index (χ0) is 20.3. The van der Waals surface area contributed by atoms with Crippen LogP contribution in [0.25, 0.3) is 11.1 Å². The summed E-state index contributed by atoms with van der Waals surface area (Å²) in [4.78, 5) is 2.83. The van der Waals surface area contributed by atoms with E-state index in [1.165, 1.54) is 20.9 Å². The van der Waals surface area contributed by atoms with Crippen LogP contribution in [0.2, 0.25) is 5.02 Å². The fraction of sp³-hybridized carbons (Fsp3) is 0.421. The van der Waals surface area contributed by atoms with Crippen molar-refractivity contribution in [2.24, 2.45) is 0 Å². The lowest BCUT2D eigenvalue weighted by Gasteiger charge is -2.17. The van der Waals surface area contributed by atoms with Crippen LogP contribution in [0.15, 0.2) is 36.4 Å². The van der Waals surface area contributed by atoms with Gasteiger partial charge in [0.05, 0.1) is 0 Å². The first kappa shape index (κ1) is 23.2. The molecule has 4 nitrogen and oxygen atoms in total. The van der Waals surface area contributed by atoms with E-state index in [0.717, 1.165) is 5.02 Å². The van der Waals surface area contributed by atoms with Crippen molar-refractivity contribution in [2.45, 2.75) is 52.4 Å². The second kappa shape index (κ2) is 8.48. The summed E-state index contributed by atoms with van der Waals surface area (Å²) < 4.78 is 34.0. The summed E-state index contributed by atoms with van der Waals surface area (Å²) >= 11 is 7.93. The molecule has 0 aliphatic rings. The molecule has 2 aromatic rings. The van der Waals surface area contributed by atoms with E-state index in [1.807, 2.05) is 23.5 Å². The van der Waals surface area contributed by atoms with Gasteiger partial charge in [-0.25, -0.2) is 18.6 Å². The molecular weight excluding hydrogens is 395 g/mol. The van der Waals surface area contributed by atoms with Crippen LogP contribution in [0.5, 0.6) is 0 Å². The van der Waals surface area contributed by atoms with Gasteiger partial charge in [0.25, 0.3) is 0 Å². The zero-order valence-corrected chi connectivity index (χ0v) is 18.1. The molecule has 0 saturated heterocycles. The van der Waals surface area contributed by atoms with Gasteiger partial charge in [-0.2, -0.15) is 0 Å². The Hall–Kier alpha value is -0.790. The van der Waals surface area contributed by atoms with E-state index in [-0.39, 0.29) is 10.8 Å². The Morgan fingerprint density at radius 2 is 1.08 bits per heavy atom. The Morgan fingerprint density at radius 3 is 1.38 bits per heavy atom. The standard InChI is InChI=1S/C19H24ClS.ClHO4/c1-18(2,3)16-11-14(12-17(21-16)19(4,5)6)13-7-9-15(20)10-8-13;2-1(3,4)5/h7-12H,1-6H3;(H,2,3,4,5)/q+1;/p-1. The lowest BCUT2D eigenvalue weighted by Crippen LogP contribution is -2.68. The Labute approximate surface area is 166 Å². The number of halogens is 2. The lowest BCUT2D eigenvalue weighted by molar-refractivity contribution is -2.00. The highest BCUT2D eigenvalue weighted by Crippen LogP contribution is 2.38. The minimum absolute atomic E-state index is 0.160. The SMILES string of the molecule is CC(C)(C)c1cc(-c2ccc(Cl)cc2)cc(C(C)(C)C)[s+]1.[O-][Cl+3]([O-])([O-])[O-].